The molecule has 2 rings (SSSR count). The van der Waals surface area contributed by atoms with E-state index < -0.39 is 0 Å². The van der Waals surface area contributed by atoms with Gasteiger partial charge in [-0.2, -0.15) is 5.26 Å². The molecule has 0 aliphatic rings. The minimum atomic E-state index is 0.194. The van der Waals surface area contributed by atoms with Gasteiger partial charge >= 0.3 is 0 Å². The van der Waals surface area contributed by atoms with E-state index in [2.05, 4.69) is 35.8 Å². The van der Waals surface area contributed by atoms with Gasteiger partial charge in [0, 0.05) is 5.69 Å². The maximum Gasteiger partial charge on any atom is 0.171 e. The summed E-state index contributed by atoms with van der Waals surface area (Å²) in [4.78, 5) is 0. The third-order valence-electron chi connectivity index (χ3n) is 3.41. The number of anilines is 1. The molecule has 0 aromatic heterocycles. The van der Waals surface area contributed by atoms with Gasteiger partial charge in [0.1, 0.15) is 0 Å². The lowest BCUT2D eigenvalue weighted by Gasteiger charge is -2.20. The molecule has 0 heterocycles. The van der Waals surface area contributed by atoms with Crippen molar-refractivity contribution in [2.24, 2.45) is 0 Å². The molecule has 2 aromatic rings. The van der Waals surface area contributed by atoms with Crippen LogP contribution in [0.1, 0.15) is 30.5 Å². The van der Waals surface area contributed by atoms with Crippen molar-refractivity contribution in [2.45, 2.75) is 25.8 Å². The molecule has 0 saturated carbocycles. The number of benzene rings is 2. The van der Waals surface area contributed by atoms with Crippen molar-refractivity contribution >= 4 is 23.0 Å². The van der Waals surface area contributed by atoms with Crippen LogP contribution in [0.15, 0.2) is 54.6 Å². The number of rotatable bonds is 5. The highest BCUT2D eigenvalue weighted by Crippen LogP contribution is 2.16. The van der Waals surface area contributed by atoms with E-state index in [9.17, 15) is 0 Å². The number of nitriles is 1. The fourth-order valence-corrected chi connectivity index (χ4v) is 2.49. The number of nitrogens with zero attached hydrogens (tertiary/aromatic N) is 1. The standard InChI is InChI=1S/C18H19N3S/c1-2-17(15-6-4-3-5-7-15)21-18(22)20-16-10-8-14(9-11-16)12-13-19/h3-11,17H,2,12H2,1H3,(H2,20,21,22)/t17-/m1/s1. The van der Waals surface area contributed by atoms with Gasteiger partial charge in [-0.05, 0) is 41.9 Å². The van der Waals surface area contributed by atoms with E-state index in [-0.39, 0.29) is 6.04 Å². The molecule has 0 amide bonds. The summed E-state index contributed by atoms with van der Waals surface area (Å²) in [5, 5.41) is 15.8. The van der Waals surface area contributed by atoms with Crippen molar-refractivity contribution in [3.05, 3.63) is 65.7 Å². The second-order valence-electron chi connectivity index (χ2n) is 5.00. The first kappa shape index (κ1) is 16.0. The smallest absolute Gasteiger partial charge is 0.171 e. The molecule has 0 spiro atoms. The minimum absolute atomic E-state index is 0.194. The molecule has 0 saturated heterocycles. The van der Waals surface area contributed by atoms with Crippen molar-refractivity contribution in [1.82, 2.24) is 5.32 Å². The van der Waals surface area contributed by atoms with Crippen LogP contribution < -0.4 is 10.6 Å². The fourth-order valence-electron chi connectivity index (χ4n) is 2.23. The van der Waals surface area contributed by atoms with Crippen LogP contribution in [0.2, 0.25) is 0 Å². The zero-order valence-corrected chi connectivity index (χ0v) is 13.4. The van der Waals surface area contributed by atoms with E-state index in [4.69, 9.17) is 17.5 Å². The molecule has 0 fully saturated rings. The lowest BCUT2D eigenvalue weighted by Crippen LogP contribution is -2.32. The van der Waals surface area contributed by atoms with E-state index in [1.165, 1.54) is 5.56 Å². The Balaban J connectivity index is 1.95. The van der Waals surface area contributed by atoms with E-state index in [0.29, 0.717) is 11.5 Å². The molecule has 22 heavy (non-hydrogen) atoms. The fraction of sp³-hybridized carbons (Fsp3) is 0.222. The Bertz CT molecular complexity index is 644. The van der Waals surface area contributed by atoms with Gasteiger partial charge in [0.2, 0.25) is 0 Å². The van der Waals surface area contributed by atoms with Crippen LogP contribution in [0.25, 0.3) is 0 Å². The van der Waals surface area contributed by atoms with Gasteiger partial charge in [-0.3, -0.25) is 0 Å². The summed E-state index contributed by atoms with van der Waals surface area (Å²) in [6, 6.07) is 20.3. The van der Waals surface area contributed by atoms with Crippen molar-refractivity contribution in [2.75, 3.05) is 5.32 Å². The third-order valence-corrected chi connectivity index (χ3v) is 3.63. The molecule has 0 aliphatic carbocycles. The van der Waals surface area contributed by atoms with Crippen molar-refractivity contribution in [3.8, 4) is 6.07 Å². The predicted octanol–water partition coefficient (Wildman–Crippen LogP) is 4.19. The Morgan fingerprint density at radius 2 is 1.82 bits per heavy atom. The molecule has 2 N–H and O–H groups in total. The molecule has 2 aromatic carbocycles. The van der Waals surface area contributed by atoms with Crippen LogP contribution >= 0.6 is 12.2 Å². The molecular formula is C18H19N3S. The van der Waals surface area contributed by atoms with Gasteiger partial charge in [0.15, 0.2) is 5.11 Å². The van der Waals surface area contributed by atoms with Crippen LogP contribution in [-0.4, -0.2) is 5.11 Å². The summed E-state index contributed by atoms with van der Waals surface area (Å²) in [5.74, 6) is 0. The first-order chi connectivity index (χ1) is 10.7. The molecule has 112 valence electrons. The van der Waals surface area contributed by atoms with Gasteiger partial charge in [0.05, 0.1) is 18.5 Å². The van der Waals surface area contributed by atoms with Crippen molar-refractivity contribution < 1.29 is 0 Å². The number of thiocarbonyl (C=S) groups is 1. The van der Waals surface area contributed by atoms with Crippen LogP contribution in [0, 0.1) is 11.3 Å². The average Bonchev–Trinajstić information content (AvgIpc) is 2.55. The van der Waals surface area contributed by atoms with Crippen molar-refractivity contribution in [3.63, 3.8) is 0 Å². The van der Waals surface area contributed by atoms with E-state index >= 15 is 0 Å². The van der Waals surface area contributed by atoms with E-state index in [1.807, 2.05) is 42.5 Å². The second kappa shape index (κ2) is 8.16. The molecule has 0 unspecified atom stereocenters. The molecule has 0 bridgehead atoms. The highest BCUT2D eigenvalue weighted by atomic mass is 32.1. The number of hydrogen-bond acceptors (Lipinski definition) is 2. The molecule has 4 heteroatoms. The number of hydrogen-bond donors (Lipinski definition) is 2. The Labute approximate surface area is 137 Å². The maximum atomic E-state index is 8.67. The van der Waals surface area contributed by atoms with E-state index in [1.54, 1.807) is 0 Å². The van der Waals surface area contributed by atoms with Crippen LogP contribution in [0.5, 0.6) is 0 Å². The highest BCUT2D eigenvalue weighted by molar-refractivity contribution is 7.80. The summed E-state index contributed by atoms with van der Waals surface area (Å²) in [6.07, 6.45) is 1.38. The first-order valence-corrected chi connectivity index (χ1v) is 7.72. The molecule has 0 radical (unpaired) electrons. The van der Waals surface area contributed by atoms with Crippen LogP contribution in [-0.2, 0) is 6.42 Å². The zero-order valence-electron chi connectivity index (χ0n) is 12.5. The normalized spacial score (nSPS) is 11.3. The Morgan fingerprint density at radius 3 is 2.41 bits per heavy atom. The van der Waals surface area contributed by atoms with Gasteiger partial charge < -0.3 is 10.6 Å². The van der Waals surface area contributed by atoms with E-state index in [0.717, 1.165) is 17.7 Å². The summed E-state index contributed by atoms with van der Waals surface area (Å²) in [5.41, 5.74) is 3.14. The Kier molecular flexibility index (Phi) is 5.93. The summed E-state index contributed by atoms with van der Waals surface area (Å²) < 4.78 is 0. The monoisotopic (exact) mass is 309 g/mol. The largest absolute Gasteiger partial charge is 0.356 e. The summed E-state index contributed by atoms with van der Waals surface area (Å²) in [7, 11) is 0. The predicted molar refractivity (Wildman–Crippen MR) is 94.6 cm³/mol. The average molecular weight is 309 g/mol. The van der Waals surface area contributed by atoms with Gasteiger partial charge in [0.25, 0.3) is 0 Å². The zero-order chi connectivity index (χ0) is 15.8. The first-order valence-electron chi connectivity index (χ1n) is 7.31. The molecule has 1 atom stereocenters. The lowest BCUT2D eigenvalue weighted by atomic mass is 10.1. The Morgan fingerprint density at radius 1 is 1.14 bits per heavy atom. The maximum absolute atomic E-state index is 8.67. The second-order valence-corrected chi connectivity index (χ2v) is 5.41. The Hall–Kier alpha value is -2.38. The summed E-state index contributed by atoms with van der Waals surface area (Å²) in [6.45, 7) is 2.13. The molecular weight excluding hydrogens is 290 g/mol. The highest BCUT2D eigenvalue weighted by Gasteiger charge is 2.10. The molecule has 0 aliphatic heterocycles. The van der Waals surface area contributed by atoms with Crippen molar-refractivity contribution in [1.29, 1.82) is 5.26 Å². The lowest BCUT2D eigenvalue weighted by molar-refractivity contribution is 0.629. The minimum Gasteiger partial charge on any atom is -0.356 e. The van der Waals surface area contributed by atoms with Gasteiger partial charge in [-0.15, -0.1) is 0 Å². The SMILES string of the molecule is CC[C@@H](NC(=S)Nc1ccc(CC#N)cc1)c1ccccc1. The van der Waals surface area contributed by atoms with Crippen LogP contribution in [0.3, 0.4) is 0 Å². The third kappa shape index (κ3) is 4.57. The van der Waals surface area contributed by atoms with Gasteiger partial charge in [-0.25, -0.2) is 0 Å². The quantitative estimate of drug-likeness (QED) is 0.813. The topological polar surface area (TPSA) is 47.8 Å². The number of nitrogens with one attached hydrogen (secondary N) is 2. The summed E-state index contributed by atoms with van der Waals surface area (Å²) >= 11 is 5.39. The molecule has 3 nitrogen and oxygen atoms in total. The van der Waals surface area contributed by atoms with Gasteiger partial charge in [-0.1, -0.05) is 49.4 Å². The van der Waals surface area contributed by atoms with Crippen LogP contribution in [0.4, 0.5) is 5.69 Å².